The van der Waals surface area contributed by atoms with Crippen LogP contribution in [0.15, 0.2) is 0 Å². The van der Waals surface area contributed by atoms with Gasteiger partial charge in [-0.3, -0.25) is 0 Å². The molecule has 0 aliphatic rings. The van der Waals surface area contributed by atoms with Crippen LogP contribution >= 0.6 is 85.1 Å². The fourth-order valence-electron chi connectivity index (χ4n) is 0.204. The summed E-state index contributed by atoms with van der Waals surface area (Å²) in [6.07, 6.45) is 0. The summed E-state index contributed by atoms with van der Waals surface area (Å²) < 4.78 is 0.500. The van der Waals surface area contributed by atoms with Gasteiger partial charge < -0.3 is 183 Å². The van der Waals surface area contributed by atoms with E-state index in [1.807, 2.05) is 11.8 Å². The van der Waals surface area contributed by atoms with Crippen molar-refractivity contribution in [1.82, 2.24) is 0 Å². The van der Waals surface area contributed by atoms with Crippen molar-refractivity contribution >= 4 is 187 Å². The van der Waals surface area contributed by atoms with Crippen LogP contribution in [0, 0.1) is 0 Å². The molecule has 0 aliphatic heterocycles. The van der Waals surface area contributed by atoms with E-state index < -0.39 is 0 Å². The maximum Gasteiger partial charge on any atom is 0 e. The van der Waals surface area contributed by atoms with Crippen molar-refractivity contribution in [2.24, 2.45) is 34.4 Å². The minimum Gasteiger partial charge on any atom is -0.415 e. The van der Waals surface area contributed by atoms with Crippen LogP contribution in [0.2, 0.25) is 0 Å². The van der Waals surface area contributed by atoms with Gasteiger partial charge in [0.15, 0.2) is 0 Å². The first-order chi connectivity index (χ1) is 12.8. The van der Waals surface area contributed by atoms with Gasteiger partial charge in [-0.2, -0.15) is 11.8 Å². The van der Waals surface area contributed by atoms with Crippen molar-refractivity contribution in [1.29, 1.82) is 0 Å². The van der Waals surface area contributed by atoms with Crippen molar-refractivity contribution in [2.45, 2.75) is 13.8 Å². The Balaban J connectivity index is -0.0000000313. The van der Waals surface area contributed by atoms with E-state index in [4.69, 9.17) is 0 Å². The molecule has 0 saturated carbocycles. The number of hydrogen-bond acceptors (Lipinski definition) is 13. The molecule has 0 amide bonds. The molecular formula is C10H22MoN6S13-6. The van der Waals surface area contributed by atoms with Crippen molar-refractivity contribution in [2.75, 3.05) is 11.5 Å². The number of thioether (sulfide) groups is 1. The average Bonchev–Trinajstić information content (AvgIpc) is 2.34. The molecule has 0 fully saturated rings. The summed E-state index contributed by atoms with van der Waals surface area (Å²) in [5, 5.41) is 0. The third-order valence-electron chi connectivity index (χ3n) is 0.408. The zero-order valence-corrected chi connectivity index (χ0v) is 28.2. The standard InChI is InChI=1S/C4H10S.6CH3NS2.Mo/c1-3-5-4-2;6*2-1(3)4;/h3-4H2,1-2H3;6*(H3,2,3,4);/p-6. The van der Waals surface area contributed by atoms with E-state index in [1.165, 1.54) is 11.5 Å². The molecular weight excluding hydrogens is 717 g/mol. The van der Waals surface area contributed by atoms with Crippen molar-refractivity contribution in [3.63, 3.8) is 0 Å². The summed E-state index contributed by atoms with van der Waals surface area (Å²) in [5.74, 6) is 2.52. The normalized spacial score (nSPS) is 6.20. The van der Waals surface area contributed by atoms with Crippen molar-refractivity contribution in [3.05, 3.63) is 0 Å². The van der Waals surface area contributed by atoms with Crippen LogP contribution in [0.4, 0.5) is 0 Å². The van der Waals surface area contributed by atoms with Crippen LogP contribution in [0.5, 0.6) is 0 Å². The second kappa shape index (κ2) is 52.6. The van der Waals surface area contributed by atoms with Crippen LogP contribution in [0.25, 0.3) is 0 Å². The first-order valence-corrected chi connectivity index (χ1v) is 12.2. The summed E-state index contributed by atoms with van der Waals surface area (Å²) in [6.45, 7) is 4.35. The van der Waals surface area contributed by atoms with Crippen LogP contribution < -0.4 is 34.4 Å². The average molecular weight is 739 g/mol. The summed E-state index contributed by atoms with van der Waals surface area (Å²) in [4.78, 5) is 0. The summed E-state index contributed by atoms with van der Waals surface area (Å²) in [6, 6.07) is 0. The smallest absolute Gasteiger partial charge is 0 e. The summed E-state index contributed by atoms with van der Waals surface area (Å²) >= 11 is 51.5. The van der Waals surface area contributed by atoms with Gasteiger partial charge >= 0.3 is 0 Å². The second-order valence-electron chi connectivity index (χ2n) is 2.70. The molecule has 0 atom stereocenters. The van der Waals surface area contributed by atoms with E-state index in [-0.39, 0.29) is 47.0 Å². The fourth-order valence-corrected chi connectivity index (χ4v) is 0.612. The van der Waals surface area contributed by atoms with Gasteiger partial charge in [-0.25, -0.2) is 0 Å². The number of nitrogens with two attached hydrogens (primary N) is 6. The van der Waals surface area contributed by atoms with Crippen molar-refractivity contribution < 1.29 is 21.1 Å². The third kappa shape index (κ3) is 1790. The largest absolute Gasteiger partial charge is 0.415 e. The van der Waals surface area contributed by atoms with E-state index in [0.29, 0.717) is 0 Å². The molecule has 0 aliphatic carbocycles. The van der Waals surface area contributed by atoms with E-state index in [2.05, 4.69) is 197 Å². The van der Waals surface area contributed by atoms with Gasteiger partial charge in [0.1, 0.15) is 0 Å². The first kappa shape index (κ1) is 53.2. The molecule has 0 aromatic carbocycles. The number of hydrogen-bond donors (Lipinski definition) is 6. The Morgan fingerprint density at radius 2 is 0.567 bits per heavy atom. The van der Waals surface area contributed by atoms with Gasteiger partial charge in [0.05, 0.1) is 0 Å². The molecule has 0 spiro atoms. The summed E-state index contributed by atoms with van der Waals surface area (Å²) in [7, 11) is 0. The Kier molecular flexibility index (Phi) is 93.2. The van der Waals surface area contributed by atoms with E-state index in [9.17, 15) is 0 Å². The number of thiocarbonyl (C=S) groups is 6. The van der Waals surface area contributed by atoms with E-state index >= 15 is 0 Å². The van der Waals surface area contributed by atoms with Gasteiger partial charge in [0, 0.05) is 21.1 Å². The Morgan fingerprint density at radius 1 is 0.500 bits per heavy atom. The van der Waals surface area contributed by atoms with Gasteiger partial charge in [-0.15, -0.1) is 0 Å². The maximum absolute atomic E-state index is 4.66. The molecule has 12 N–H and O–H groups in total. The molecule has 0 heterocycles. The van der Waals surface area contributed by atoms with Gasteiger partial charge in [-0.05, 0) is 11.5 Å². The topological polar surface area (TPSA) is 156 Å². The molecule has 20 heteroatoms. The van der Waals surface area contributed by atoms with Crippen LogP contribution in [-0.4, -0.2) is 37.4 Å². The van der Waals surface area contributed by atoms with Crippen LogP contribution in [0.1, 0.15) is 13.8 Å². The molecule has 6 nitrogen and oxygen atoms in total. The molecule has 0 aromatic heterocycles. The molecule has 0 radical (unpaired) electrons. The molecule has 0 rings (SSSR count). The predicted molar refractivity (Wildman–Crippen MR) is 174 cm³/mol. The maximum atomic E-state index is 4.66. The zero-order chi connectivity index (χ0) is 25.6. The minimum atomic E-state index is 0. The Morgan fingerprint density at radius 3 is 0.567 bits per heavy atom. The fraction of sp³-hybridized carbons (Fsp3) is 0.400. The Labute approximate surface area is 264 Å². The van der Waals surface area contributed by atoms with E-state index in [0.717, 1.165) is 0 Å². The van der Waals surface area contributed by atoms with Gasteiger partial charge in [0.25, 0.3) is 0 Å². The van der Waals surface area contributed by atoms with Gasteiger partial charge in [-0.1, -0.05) is 39.8 Å². The van der Waals surface area contributed by atoms with Gasteiger partial charge in [0.2, 0.25) is 0 Å². The van der Waals surface area contributed by atoms with Crippen LogP contribution in [-0.2, 0) is 96.8 Å². The zero-order valence-electron chi connectivity index (χ0n) is 15.6. The Bertz CT molecular complexity index is 320. The molecule has 0 aromatic rings. The van der Waals surface area contributed by atoms with Crippen molar-refractivity contribution in [3.8, 4) is 0 Å². The first-order valence-electron chi connectivity index (χ1n) is 6.17. The molecule has 0 unspecified atom stereocenters. The van der Waals surface area contributed by atoms with E-state index in [1.54, 1.807) is 0 Å². The second-order valence-corrected chi connectivity index (χ2v) is 11.1. The molecule has 0 saturated heterocycles. The number of rotatable bonds is 2. The quantitative estimate of drug-likeness (QED) is 0.132. The SMILES string of the molecule is CCSCC.NC(=S)[S-].NC(=S)[S-].NC(=S)[S-].NC(=S)[S-].NC(=S)[S-].NC(=S)[S-].[Mo]. The summed E-state index contributed by atoms with van der Waals surface area (Å²) in [5.41, 5.74) is 27.9. The molecule has 182 valence electrons. The Hall–Kier alpha value is 1.70. The third-order valence-corrected chi connectivity index (χ3v) is 1.22. The minimum absolute atomic E-state index is 0. The molecule has 0 bridgehead atoms. The monoisotopic (exact) mass is 740 g/mol. The predicted octanol–water partition coefficient (Wildman–Crippen LogP) is 0.418. The molecule has 30 heavy (non-hydrogen) atoms. The van der Waals surface area contributed by atoms with Crippen LogP contribution in [0.3, 0.4) is 0 Å².